The second-order valence-corrected chi connectivity index (χ2v) is 6.92. The summed E-state index contributed by atoms with van der Waals surface area (Å²) in [7, 11) is 0. The Labute approximate surface area is 156 Å². The molecule has 0 spiro atoms. The summed E-state index contributed by atoms with van der Waals surface area (Å²) in [6.07, 6.45) is 3.46. The van der Waals surface area contributed by atoms with Crippen LogP contribution in [0.25, 0.3) is 0 Å². The fourth-order valence-electron chi connectivity index (χ4n) is 2.87. The molecular weight excluding hydrogens is 353 g/mol. The van der Waals surface area contributed by atoms with Crippen LogP contribution in [0, 0.1) is 11.7 Å². The van der Waals surface area contributed by atoms with Gasteiger partial charge in [-0.25, -0.2) is 9.37 Å². The van der Waals surface area contributed by atoms with Crippen LogP contribution in [-0.4, -0.2) is 43.8 Å². The second-order valence-electron chi connectivity index (χ2n) is 6.92. The van der Waals surface area contributed by atoms with Crippen LogP contribution in [0.3, 0.4) is 0 Å². The highest BCUT2D eigenvalue weighted by Crippen LogP contribution is 2.12. The lowest BCUT2D eigenvalue weighted by Crippen LogP contribution is -2.49. The van der Waals surface area contributed by atoms with Crippen LogP contribution in [0.4, 0.5) is 4.39 Å². The van der Waals surface area contributed by atoms with Gasteiger partial charge in [0.2, 0.25) is 0 Å². The number of rotatable bonds is 10. The largest absolute Gasteiger partial charge is 0.480 e. The minimum Gasteiger partial charge on any atom is -0.480 e. The van der Waals surface area contributed by atoms with Gasteiger partial charge < -0.3 is 14.8 Å². The number of benzene rings is 1. The van der Waals surface area contributed by atoms with Crippen molar-refractivity contribution in [2.24, 2.45) is 5.92 Å². The number of carbonyl (C=O) groups is 2. The highest BCUT2D eigenvalue weighted by molar-refractivity contribution is 5.77. The highest BCUT2D eigenvalue weighted by Gasteiger charge is 2.27. The third kappa shape index (κ3) is 6.18. The van der Waals surface area contributed by atoms with Crippen LogP contribution in [0.15, 0.2) is 36.8 Å². The van der Waals surface area contributed by atoms with Crippen LogP contribution >= 0.6 is 0 Å². The lowest BCUT2D eigenvalue weighted by molar-refractivity contribution is -0.142. The van der Waals surface area contributed by atoms with Gasteiger partial charge in [0.1, 0.15) is 17.9 Å². The van der Waals surface area contributed by atoms with Crippen LogP contribution in [0.5, 0.6) is 0 Å². The van der Waals surface area contributed by atoms with Gasteiger partial charge in [-0.15, -0.1) is 0 Å². The number of imidazole rings is 1. The Bertz CT molecular complexity index is 791. The first-order valence-electron chi connectivity index (χ1n) is 8.71. The zero-order valence-electron chi connectivity index (χ0n) is 15.3. The van der Waals surface area contributed by atoms with E-state index in [1.165, 1.54) is 18.3 Å². The number of halogens is 1. The predicted octanol–water partition coefficient (Wildman–Crippen LogP) is 2.16. The quantitative estimate of drug-likeness (QED) is 0.586. The summed E-state index contributed by atoms with van der Waals surface area (Å²) in [6, 6.07) is 4.09. The van der Waals surface area contributed by atoms with Gasteiger partial charge in [0.25, 0.3) is 0 Å². The molecule has 0 aliphatic rings. The Morgan fingerprint density at radius 3 is 2.52 bits per heavy atom. The molecule has 0 bridgehead atoms. The van der Waals surface area contributed by atoms with Crippen molar-refractivity contribution >= 4 is 11.9 Å². The zero-order chi connectivity index (χ0) is 20.0. The summed E-state index contributed by atoms with van der Waals surface area (Å²) in [5.74, 6) is -2.46. The Morgan fingerprint density at radius 2 is 1.93 bits per heavy atom. The Morgan fingerprint density at radius 1 is 1.22 bits per heavy atom. The topological polar surface area (TPSA) is 104 Å². The van der Waals surface area contributed by atoms with Crippen molar-refractivity contribution in [1.29, 1.82) is 0 Å². The minimum atomic E-state index is -1.14. The van der Waals surface area contributed by atoms with Crippen molar-refractivity contribution < 1.29 is 24.2 Å². The molecule has 0 saturated carbocycles. The van der Waals surface area contributed by atoms with E-state index in [9.17, 15) is 24.2 Å². The molecule has 3 N–H and O–H groups in total. The van der Waals surface area contributed by atoms with E-state index in [1.807, 2.05) is 13.8 Å². The van der Waals surface area contributed by atoms with Gasteiger partial charge >= 0.3 is 11.9 Å². The fourth-order valence-corrected chi connectivity index (χ4v) is 2.87. The summed E-state index contributed by atoms with van der Waals surface area (Å²) >= 11 is 0. The van der Waals surface area contributed by atoms with Crippen LogP contribution in [0.1, 0.15) is 31.5 Å². The smallest absolute Gasteiger partial charge is 0.321 e. The first-order chi connectivity index (χ1) is 12.8. The Kier molecular flexibility index (Phi) is 7.06. The van der Waals surface area contributed by atoms with E-state index in [0.717, 1.165) is 5.56 Å². The normalized spacial score (nSPS) is 13.5. The third-order valence-corrected chi connectivity index (χ3v) is 4.16. The Balaban J connectivity index is 2.14. The second kappa shape index (κ2) is 9.27. The molecule has 2 rings (SSSR count). The highest BCUT2D eigenvalue weighted by atomic mass is 19.1. The molecule has 1 aromatic heterocycles. The molecule has 8 heteroatoms. The maximum Gasteiger partial charge on any atom is 0.321 e. The Hall–Kier alpha value is -2.74. The van der Waals surface area contributed by atoms with Crippen molar-refractivity contribution in [2.75, 3.05) is 0 Å². The molecule has 0 fully saturated rings. The fraction of sp³-hybridized carbons (Fsp3) is 0.421. The number of carboxylic acid groups (broad SMARTS) is 2. The minimum absolute atomic E-state index is 0.0620. The molecule has 2 atom stereocenters. The van der Waals surface area contributed by atoms with Gasteiger partial charge in [0.15, 0.2) is 0 Å². The third-order valence-electron chi connectivity index (χ3n) is 4.16. The molecule has 0 radical (unpaired) electrons. The number of aliphatic carboxylic acids is 2. The van der Waals surface area contributed by atoms with Gasteiger partial charge in [-0.1, -0.05) is 26.0 Å². The molecule has 1 aromatic carbocycles. The molecule has 2 aromatic rings. The summed E-state index contributed by atoms with van der Waals surface area (Å²) < 4.78 is 15.1. The molecule has 0 saturated heterocycles. The molecule has 2 unspecified atom stereocenters. The molecular formula is C19H24FN3O4. The van der Waals surface area contributed by atoms with Gasteiger partial charge in [-0.2, -0.15) is 0 Å². The number of hydrogen-bond acceptors (Lipinski definition) is 4. The molecule has 146 valence electrons. The standard InChI is InChI=1S/C19H24FN3O4/c1-12(2)6-16(18(24)25)22-17(19(26)27)8-15-9-21-11-23(15)10-13-4-3-5-14(20)7-13/h3-5,7,9,11-12,16-17,22H,6,8,10H2,1-2H3,(H,24,25)(H,26,27). The number of carboxylic acids is 2. The molecule has 0 amide bonds. The van der Waals surface area contributed by atoms with E-state index in [4.69, 9.17) is 0 Å². The maximum atomic E-state index is 13.4. The van der Waals surface area contributed by atoms with E-state index < -0.39 is 24.0 Å². The summed E-state index contributed by atoms with van der Waals surface area (Å²) in [5, 5.41) is 21.6. The van der Waals surface area contributed by atoms with Gasteiger partial charge in [0.05, 0.1) is 6.33 Å². The van der Waals surface area contributed by atoms with Gasteiger partial charge in [0, 0.05) is 24.9 Å². The summed E-state index contributed by atoms with van der Waals surface area (Å²) in [4.78, 5) is 27.1. The van der Waals surface area contributed by atoms with Crippen LogP contribution in [0.2, 0.25) is 0 Å². The first-order valence-corrected chi connectivity index (χ1v) is 8.71. The average molecular weight is 377 g/mol. The van der Waals surface area contributed by atoms with E-state index >= 15 is 0 Å². The number of nitrogens with zero attached hydrogens (tertiary/aromatic N) is 2. The van der Waals surface area contributed by atoms with Crippen molar-refractivity contribution in [3.8, 4) is 0 Å². The summed E-state index contributed by atoms with van der Waals surface area (Å²) in [6.45, 7) is 4.09. The lowest BCUT2D eigenvalue weighted by atomic mass is 10.0. The molecule has 0 aliphatic carbocycles. The SMILES string of the molecule is CC(C)CC(NC(Cc1cncn1Cc1cccc(F)c1)C(=O)O)C(=O)O. The van der Waals surface area contributed by atoms with Crippen LogP contribution in [-0.2, 0) is 22.6 Å². The van der Waals surface area contributed by atoms with Crippen molar-refractivity contribution in [3.63, 3.8) is 0 Å². The number of aromatic nitrogens is 2. The number of hydrogen-bond donors (Lipinski definition) is 3. The predicted molar refractivity (Wildman–Crippen MR) is 96.9 cm³/mol. The van der Waals surface area contributed by atoms with E-state index in [2.05, 4.69) is 10.3 Å². The number of nitrogens with one attached hydrogen (secondary N) is 1. The van der Waals surface area contributed by atoms with Gasteiger partial charge in [-0.3, -0.25) is 14.9 Å². The zero-order valence-corrected chi connectivity index (χ0v) is 15.3. The van der Waals surface area contributed by atoms with Crippen molar-refractivity contribution in [3.05, 3.63) is 53.9 Å². The van der Waals surface area contributed by atoms with E-state index in [1.54, 1.807) is 23.0 Å². The van der Waals surface area contributed by atoms with E-state index in [0.29, 0.717) is 18.7 Å². The monoisotopic (exact) mass is 377 g/mol. The molecule has 1 heterocycles. The molecule has 27 heavy (non-hydrogen) atoms. The van der Waals surface area contributed by atoms with Crippen molar-refractivity contribution in [2.45, 2.75) is 45.3 Å². The molecule has 7 nitrogen and oxygen atoms in total. The lowest BCUT2D eigenvalue weighted by Gasteiger charge is -2.22. The average Bonchev–Trinajstić information content (AvgIpc) is 2.99. The summed E-state index contributed by atoms with van der Waals surface area (Å²) in [5.41, 5.74) is 1.34. The van der Waals surface area contributed by atoms with E-state index in [-0.39, 0.29) is 18.2 Å². The maximum absolute atomic E-state index is 13.4. The van der Waals surface area contributed by atoms with Gasteiger partial charge in [-0.05, 0) is 30.0 Å². The van der Waals surface area contributed by atoms with Crippen LogP contribution < -0.4 is 5.32 Å². The molecule has 0 aliphatic heterocycles. The first kappa shape index (κ1) is 20.6. The van der Waals surface area contributed by atoms with Crippen molar-refractivity contribution in [1.82, 2.24) is 14.9 Å².